The summed E-state index contributed by atoms with van der Waals surface area (Å²) >= 11 is 1.72. The van der Waals surface area contributed by atoms with E-state index in [-0.39, 0.29) is 35.0 Å². The Labute approximate surface area is 182 Å². The van der Waals surface area contributed by atoms with Crippen molar-refractivity contribution in [2.24, 2.45) is 0 Å². The van der Waals surface area contributed by atoms with Crippen molar-refractivity contribution in [3.63, 3.8) is 0 Å². The Kier molecular flexibility index (Phi) is 5.03. The summed E-state index contributed by atoms with van der Waals surface area (Å²) < 4.78 is 14.7. The van der Waals surface area contributed by atoms with Crippen LogP contribution >= 0.6 is 11.8 Å². The third kappa shape index (κ3) is 3.61. The van der Waals surface area contributed by atoms with Crippen LogP contribution in [0.25, 0.3) is 10.9 Å². The third-order valence-electron chi connectivity index (χ3n) is 5.38. The predicted octanol–water partition coefficient (Wildman–Crippen LogP) is 4.42. The Morgan fingerprint density at radius 2 is 1.84 bits per heavy atom. The second kappa shape index (κ2) is 8.00. The van der Waals surface area contributed by atoms with Crippen molar-refractivity contribution < 1.29 is 9.18 Å². The molecule has 0 N–H and O–H groups in total. The highest BCUT2D eigenvalue weighted by Gasteiger charge is 2.32. The molecule has 1 atom stereocenters. The van der Waals surface area contributed by atoms with Gasteiger partial charge in [0.15, 0.2) is 0 Å². The molecule has 0 bridgehead atoms. The first-order valence-electron chi connectivity index (χ1n) is 9.85. The highest BCUT2D eigenvalue weighted by Crippen LogP contribution is 2.43. The molecular formula is C24H18FN3O2S. The van der Waals surface area contributed by atoms with Gasteiger partial charge >= 0.3 is 0 Å². The number of anilines is 1. The molecule has 1 aliphatic heterocycles. The first-order chi connectivity index (χ1) is 15.1. The van der Waals surface area contributed by atoms with Crippen LogP contribution in [0.3, 0.4) is 0 Å². The molecule has 0 fully saturated rings. The number of aromatic nitrogens is 2. The molecule has 154 valence electrons. The van der Waals surface area contributed by atoms with E-state index in [0.29, 0.717) is 0 Å². The molecule has 1 amide bonds. The fraction of sp³-hybridized carbons (Fsp3) is 0.125. The van der Waals surface area contributed by atoms with E-state index in [9.17, 15) is 14.0 Å². The first-order valence-corrected chi connectivity index (χ1v) is 10.8. The Morgan fingerprint density at radius 3 is 2.68 bits per heavy atom. The number of carbonyl (C=O) groups excluding carboxylic acids is 1. The normalized spacial score (nSPS) is 15.6. The van der Waals surface area contributed by atoms with Crippen LogP contribution in [0.4, 0.5) is 10.1 Å². The van der Waals surface area contributed by atoms with Gasteiger partial charge in [-0.2, -0.15) is 0 Å². The lowest BCUT2D eigenvalue weighted by Gasteiger charge is -2.37. The zero-order chi connectivity index (χ0) is 21.4. The number of amides is 1. The molecule has 0 spiro atoms. The van der Waals surface area contributed by atoms with Gasteiger partial charge in [0.25, 0.3) is 5.56 Å². The van der Waals surface area contributed by atoms with E-state index in [0.717, 1.165) is 21.9 Å². The minimum absolute atomic E-state index is 0.146. The minimum Gasteiger partial charge on any atom is -0.301 e. The van der Waals surface area contributed by atoms with Crippen LogP contribution in [0.2, 0.25) is 0 Å². The van der Waals surface area contributed by atoms with Gasteiger partial charge in [0.2, 0.25) is 5.91 Å². The molecule has 0 unspecified atom stereocenters. The zero-order valence-corrected chi connectivity index (χ0v) is 17.3. The van der Waals surface area contributed by atoms with Crippen LogP contribution < -0.4 is 10.5 Å². The molecule has 7 heteroatoms. The molecule has 0 radical (unpaired) electrons. The number of rotatable bonds is 3. The average molecular weight is 431 g/mol. The van der Waals surface area contributed by atoms with E-state index in [1.165, 1.54) is 29.1 Å². The smallest absolute Gasteiger partial charge is 0.261 e. The maximum atomic E-state index is 13.5. The van der Waals surface area contributed by atoms with E-state index in [4.69, 9.17) is 0 Å². The Hall–Kier alpha value is -3.45. The SMILES string of the molecule is O=C(Cn1cnc2cc(F)ccc2c1=O)N1c2ccccc2SC[C@H]1c1ccccc1. The maximum absolute atomic E-state index is 13.5. The van der Waals surface area contributed by atoms with Crippen molar-refractivity contribution in [3.05, 3.63) is 101 Å². The molecular weight excluding hydrogens is 413 g/mol. The second-order valence-corrected chi connectivity index (χ2v) is 8.37. The summed E-state index contributed by atoms with van der Waals surface area (Å²) in [5.41, 5.74) is 1.78. The molecule has 1 aliphatic rings. The molecule has 5 nitrogen and oxygen atoms in total. The van der Waals surface area contributed by atoms with Crippen LogP contribution in [0, 0.1) is 5.82 Å². The van der Waals surface area contributed by atoms with Crippen LogP contribution in [0.15, 0.2) is 88.8 Å². The fourth-order valence-corrected chi connectivity index (χ4v) is 5.05. The molecule has 1 aromatic heterocycles. The predicted molar refractivity (Wildman–Crippen MR) is 120 cm³/mol. The molecule has 0 saturated carbocycles. The maximum Gasteiger partial charge on any atom is 0.261 e. The molecule has 4 aromatic rings. The van der Waals surface area contributed by atoms with Crippen molar-refractivity contribution in [1.82, 2.24) is 9.55 Å². The lowest BCUT2D eigenvalue weighted by Crippen LogP contribution is -2.42. The fourth-order valence-electron chi connectivity index (χ4n) is 3.88. The van der Waals surface area contributed by atoms with Crippen molar-refractivity contribution in [2.45, 2.75) is 17.5 Å². The van der Waals surface area contributed by atoms with Gasteiger partial charge in [-0.1, -0.05) is 42.5 Å². The topological polar surface area (TPSA) is 55.2 Å². The first kappa shape index (κ1) is 19.5. The van der Waals surface area contributed by atoms with Gasteiger partial charge in [-0.05, 0) is 29.8 Å². The Balaban J connectivity index is 1.54. The average Bonchev–Trinajstić information content (AvgIpc) is 2.80. The summed E-state index contributed by atoms with van der Waals surface area (Å²) in [6.07, 6.45) is 1.31. The van der Waals surface area contributed by atoms with Gasteiger partial charge < -0.3 is 4.90 Å². The molecule has 0 aliphatic carbocycles. The molecule has 31 heavy (non-hydrogen) atoms. The Bertz CT molecular complexity index is 1340. The number of fused-ring (bicyclic) bond motifs is 2. The van der Waals surface area contributed by atoms with Crippen LogP contribution in [-0.4, -0.2) is 21.2 Å². The van der Waals surface area contributed by atoms with E-state index in [2.05, 4.69) is 4.98 Å². The highest BCUT2D eigenvalue weighted by atomic mass is 32.2. The molecule has 5 rings (SSSR count). The second-order valence-electron chi connectivity index (χ2n) is 7.31. The number of carbonyl (C=O) groups is 1. The summed E-state index contributed by atoms with van der Waals surface area (Å²) in [5, 5.41) is 0.283. The summed E-state index contributed by atoms with van der Waals surface area (Å²) in [6, 6.07) is 21.4. The van der Waals surface area contributed by atoms with Crippen LogP contribution in [-0.2, 0) is 11.3 Å². The van der Waals surface area contributed by atoms with Gasteiger partial charge in [0, 0.05) is 16.7 Å². The Morgan fingerprint density at radius 1 is 1.06 bits per heavy atom. The van der Waals surface area contributed by atoms with Crippen LogP contribution in [0.1, 0.15) is 11.6 Å². The van der Waals surface area contributed by atoms with Gasteiger partial charge in [0.05, 0.1) is 29.0 Å². The number of benzene rings is 3. The van der Waals surface area contributed by atoms with Crippen molar-refractivity contribution in [3.8, 4) is 0 Å². The quantitative estimate of drug-likeness (QED) is 0.482. The minimum atomic E-state index is -0.457. The van der Waals surface area contributed by atoms with E-state index < -0.39 is 5.82 Å². The number of hydrogen-bond acceptors (Lipinski definition) is 4. The largest absolute Gasteiger partial charge is 0.301 e. The zero-order valence-electron chi connectivity index (χ0n) is 16.4. The number of thioether (sulfide) groups is 1. The molecule has 2 heterocycles. The van der Waals surface area contributed by atoms with Gasteiger partial charge in [-0.25, -0.2) is 9.37 Å². The van der Waals surface area contributed by atoms with Crippen LogP contribution in [0.5, 0.6) is 0 Å². The van der Waals surface area contributed by atoms with Gasteiger partial charge in [-0.3, -0.25) is 14.2 Å². The standard InChI is InChI=1S/C24H18FN3O2S/c25-17-10-11-18-19(12-17)26-15-27(24(18)30)13-23(29)28-20-8-4-5-9-22(20)31-14-21(28)16-6-2-1-3-7-16/h1-12,15,21H,13-14H2/t21-/m0/s1. The number of nitrogens with zero attached hydrogens (tertiary/aromatic N) is 3. The third-order valence-corrected chi connectivity index (χ3v) is 6.52. The van der Waals surface area contributed by atoms with Crippen molar-refractivity contribution in [1.29, 1.82) is 0 Å². The summed E-state index contributed by atoms with van der Waals surface area (Å²) in [5.74, 6) is 0.0602. The molecule has 0 saturated heterocycles. The van der Waals surface area contributed by atoms with E-state index in [1.807, 2.05) is 54.6 Å². The lowest BCUT2D eigenvalue weighted by molar-refractivity contribution is -0.119. The monoisotopic (exact) mass is 431 g/mol. The van der Waals surface area contributed by atoms with E-state index in [1.54, 1.807) is 16.7 Å². The van der Waals surface area contributed by atoms with Gasteiger partial charge in [0.1, 0.15) is 12.4 Å². The summed E-state index contributed by atoms with van der Waals surface area (Å²) in [7, 11) is 0. The lowest BCUT2D eigenvalue weighted by atomic mass is 10.1. The number of halogens is 1. The summed E-state index contributed by atoms with van der Waals surface area (Å²) in [4.78, 5) is 33.4. The molecule has 3 aromatic carbocycles. The van der Waals surface area contributed by atoms with Gasteiger partial charge in [-0.15, -0.1) is 11.8 Å². The van der Waals surface area contributed by atoms with E-state index >= 15 is 0 Å². The number of para-hydroxylation sites is 1. The van der Waals surface area contributed by atoms with Crippen molar-refractivity contribution >= 4 is 34.3 Å². The summed E-state index contributed by atoms with van der Waals surface area (Å²) in [6.45, 7) is -0.151. The number of hydrogen-bond donors (Lipinski definition) is 0. The van der Waals surface area contributed by atoms with Crippen molar-refractivity contribution in [2.75, 3.05) is 10.7 Å². The highest BCUT2D eigenvalue weighted by molar-refractivity contribution is 7.99.